The summed E-state index contributed by atoms with van der Waals surface area (Å²) in [6.45, 7) is 5.02. The summed E-state index contributed by atoms with van der Waals surface area (Å²) in [5.41, 5.74) is 5.23. The first-order valence-electron chi connectivity index (χ1n) is 9.01. The van der Waals surface area contributed by atoms with Gasteiger partial charge in [-0.1, -0.05) is 61.0 Å². The Hall–Kier alpha value is -2.46. The Kier molecular flexibility index (Phi) is 3.28. The molecule has 1 aliphatic heterocycles. The van der Waals surface area contributed by atoms with Gasteiger partial charge in [-0.05, 0) is 28.7 Å². The van der Waals surface area contributed by atoms with Crippen molar-refractivity contribution in [3.8, 4) is 5.69 Å². The van der Waals surface area contributed by atoms with Crippen molar-refractivity contribution in [3.63, 3.8) is 0 Å². The minimum Gasteiger partial charge on any atom is -0.363 e. The van der Waals surface area contributed by atoms with Crippen LogP contribution in [0.5, 0.6) is 0 Å². The van der Waals surface area contributed by atoms with E-state index in [0.717, 1.165) is 17.9 Å². The molecule has 4 nitrogen and oxygen atoms in total. The molecule has 2 heterocycles. The van der Waals surface area contributed by atoms with E-state index in [2.05, 4.69) is 73.3 Å². The molecule has 0 saturated carbocycles. The highest BCUT2D eigenvalue weighted by Crippen LogP contribution is 2.35. The van der Waals surface area contributed by atoms with Gasteiger partial charge in [0.05, 0.1) is 0 Å². The number of nitrogens with zero attached hydrogens (tertiary/aromatic N) is 3. The number of fused-ring (bicyclic) bond motifs is 5. The summed E-state index contributed by atoms with van der Waals surface area (Å²) in [5.74, 6) is 1.45. The van der Waals surface area contributed by atoms with E-state index in [4.69, 9.17) is 9.84 Å². The van der Waals surface area contributed by atoms with Crippen molar-refractivity contribution >= 4 is 0 Å². The zero-order valence-corrected chi connectivity index (χ0v) is 14.6. The molecule has 0 spiro atoms. The van der Waals surface area contributed by atoms with Gasteiger partial charge in [0, 0.05) is 11.5 Å². The lowest BCUT2D eigenvalue weighted by Gasteiger charge is -2.23. The largest absolute Gasteiger partial charge is 0.363 e. The van der Waals surface area contributed by atoms with Crippen molar-refractivity contribution < 1.29 is 9.30 Å². The Morgan fingerprint density at radius 3 is 2.80 bits per heavy atom. The van der Waals surface area contributed by atoms with Crippen molar-refractivity contribution in [1.82, 2.24) is 9.78 Å². The second kappa shape index (κ2) is 5.53. The molecule has 2 aliphatic rings. The van der Waals surface area contributed by atoms with Crippen molar-refractivity contribution in [2.45, 2.75) is 44.9 Å². The van der Waals surface area contributed by atoms with Crippen LogP contribution in [0, 0.1) is 0 Å². The van der Waals surface area contributed by atoms with E-state index in [9.17, 15) is 0 Å². The van der Waals surface area contributed by atoms with Gasteiger partial charge in [0.2, 0.25) is 6.33 Å². The maximum absolute atomic E-state index is 6.14. The molecule has 0 saturated heterocycles. The molecule has 0 radical (unpaired) electrons. The molecule has 0 fully saturated rings. The smallest absolute Gasteiger partial charge is 0.304 e. The monoisotopic (exact) mass is 332 g/mol. The zero-order chi connectivity index (χ0) is 17.0. The maximum Gasteiger partial charge on any atom is 0.304 e. The van der Waals surface area contributed by atoms with Crippen LogP contribution in [0.1, 0.15) is 48.3 Å². The molecular weight excluding hydrogens is 310 g/mol. The van der Waals surface area contributed by atoms with Crippen LogP contribution in [-0.2, 0) is 17.8 Å². The summed E-state index contributed by atoms with van der Waals surface area (Å²) in [6, 6.07) is 17.4. The summed E-state index contributed by atoms with van der Waals surface area (Å²) < 4.78 is 10.5. The van der Waals surface area contributed by atoms with Gasteiger partial charge in [0.25, 0.3) is 0 Å². The Balaban J connectivity index is 1.63. The molecule has 1 aromatic heterocycles. The van der Waals surface area contributed by atoms with Gasteiger partial charge in [0.1, 0.15) is 24.4 Å². The van der Waals surface area contributed by atoms with E-state index >= 15 is 0 Å². The Bertz CT molecular complexity index is 944. The van der Waals surface area contributed by atoms with E-state index < -0.39 is 0 Å². The number of para-hydroxylation sites is 1. The van der Waals surface area contributed by atoms with Gasteiger partial charge in [-0.2, -0.15) is 0 Å². The molecule has 2 unspecified atom stereocenters. The first-order valence-corrected chi connectivity index (χ1v) is 9.01. The minimum atomic E-state index is 0.216. The third-order valence-electron chi connectivity index (χ3n) is 5.43. The number of hydrogen-bond donors (Lipinski definition) is 0. The molecule has 3 aromatic rings. The van der Waals surface area contributed by atoms with E-state index in [1.807, 2.05) is 4.68 Å². The Morgan fingerprint density at radius 2 is 1.92 bits per heavy atom. The molecule has 1 aliphatic carbocycles. The zero-order valence-electron chi connectivity index (χ0n) is 14.6. The van der Waals surface area contributed by atoms with Crippen LogP contribution in [-0.4, -0.2) is 15.9 Å². The highest BCUT2D eigenvalue weighted by atomic mass is 16.5. The van der Waals surface area contributed by atoms with Crippen molar-refractivity contribution in [3.05, 3.63) is 77.4 Å². The van der Waals surface area contributed by atoms with Gasteiger partial charge in [-0.15, -0.1) is 0 Å². The van der Waals surface area contributed by atoms with Gasteiger partial charge in [0.15, 0.2) is 0 Å². The number of ether oxygens (including phenoxy) is 1. The molecular formula is C21H22N3O+. The van der Waals surface area contributed by atoms with Crippen LogP contribution < -0.4 is 4.57 Å². The molecule has 5 rings (SSSR count). The minimum absolute atomic E-state index is 0.216. The standard InChI is InChI=1S/C21H22N3O/c1-14(2)16-8-5-6-10-18(16)24-13-23-20(22-24)12-25-19-11-15-7-3-4-9-17(15)21(19)23/h3-10,13-14,19,21H,11-12H2,1-2H3/q+1. The average molecular weight is 332 g/mol. The van der Waals surface area contributed by atoms with E-state index in [1.165, 1.54) is 16.7 Å². The fraction of sp³-hybridized carbons (Fsp3) is 0.333. The molecule has 0 N–H and O–H groups in total. The molecule has 2 atom stereocenters. The number of benzene rings is 2. The maximum atomic E-state index is 6.14. The van der Waals surface area contributed by atoms with Crippen LogP contribution in [0.4, 0.5) is 0 Å². The predicted molar refractivity (Wildman–Crippen MR) is 94.7 cm³/mol. The third-order valence-corrected chi connectivity index (χ3v) is 5.43. The summed E-state index contributed by atoms with van der Waals surface area (Å²) in [6.07, 6.45) is 3.35. The van der Waals surface area contributed by atoms with Crippen molar-refractivity contribution in [2.75, 3.05) is 0 Å². The summed E-state index contributed by atoms with van der Waals surface area (Å²) in [4.78, 5) is 0. The number of hydrogen-bond acceptors (Lipinski definition) is 2. The topological polar surface area (TPSA) is 30.9 Å². The quantitative estimate of drug-likeness (QED) is 0.674. The summed E-state index contributed by atoms with van der Waals surface area (Å²) in [5, 5.41) is 4.85. The van der Waals surface area contributed by atoms with Crippen LogP contribution in [0.3, 0.4) is 0 Å². The lowest BCUT2D eigenvalue weighted by molar-refractivity contribution is -0.739. The van der Waals surface area contributed by atoms with Gasteiger partial charge in [-0.3, -0.25) is 0 Å². The molecule has 0 bridgehead atoms. The van der Waals surface area contributed by atoms with Gasteiger partial charge < -0.3 is 4.74 Å². The highest BCUT2D eigenvalue weighted by molar-refractivity contribution is 5.41. The molecule has 2 aromatic carbocycles. The fourth-order valence-electron chi connectivity index (χ4n) is 4.22. The molecule has 0 amide bonds. The van der Waals surface area contributed by atoms with Gasteiger partial charge >= 0.3 is 5.82 Å². The number of rotatable bonds is 2. The van der Waals surface area contributed by atoms with E-state index in [-0.39, 0.29) is 12.1 Å². The van der Waals surface area contributed by atoms with Crippen LogP contribution >= 0.6 is 0 Å². The average Bonchev–Trinajstić information content (AvgIpc) is 3.22. The normalized spacial score (nSPS) is 21.1. The Labute approximate surface area is 147 Å². The van der Waals surface area contributed by atoms with Crippen LogP contribution in [0.15, 0.2) is 54.9 Å². The third kappa shape index (κ3) is 2.24. The summed E-state index contributed by atoms with van der Waals surface area (Å²) >= 11 is 0. The predicted octanol–water partition coefficient (Wildman–Crippen LogP) is 3.33. The highest BCUT2D eigenvalue weighted by Gasteiger charge is 2.43. The van der Waals surface area contributed by atoms with Crippen LogP contribution in [0.25, 0.3) is 5.69 Å². The van der Waals surface area contributed by atoms with Gasteiger partial charge in [-0.25, -0.2) is 4.57 Å². The summed E-state index contributed by atoms with van der Waals surface area (Å²) in [7, 11) is 0. The van der Waals surface area contributed by atoms with Crippen molar-refractivity contribution in [1.29, 1.82) is 0 Å². The van der Waals surface area contributed by atoms with Crippen molar-refractivity contribution in [2.24, 2.45) is 0 Å². The fourth-order valence-corrected chi connectivity index (χ4v) is 4.22. The van der Waals surface area contributed by atoms with E-state index in [1.54, 1.807) is 0 Å². The lowest BCUT2D eigenvalue weighted by atomic mass is 10.0. The first kappa shape index (κ1) is 14.8. The molecule has 25 heavy (non-hydrogen) atoms. The SMILES string of the molecule is CC(C)c1ccccc1-n1c[n+]2c(n1)COC1Cc3ccccc3C12. The first-order chi connectivity index (χ1) is 12.2. The second-order valence-electron chi connectivity index (χ2n) is 7.29. The second-order valence-corrected chi connectivity index (χ2v) is 7.29. The Morgan fingerprint density at radius 1 is 1.12 bits per heavy atom. The number of aromatic nitrogens is 3. The molecule has 126 valence electrons. The van der Waals surface area contributed by atoms with E-state index in [0.29, 0.717) is 12.5 Å². The molecule has 4 heteroatoms. The van der Waals surface area contributed by atoms with Crippen LogP contribution in [0.2, 0.25) is 0 Å². The lowest BCUT2D eigenvalue weighted by Crippen LogP contribution is -2.51.